The number of amides is 2. The highest BCUT2D eigenvalue weighted by Gasteiger charge is 2.33. The van der Waals surface area contributed by atoms with Crippen molar-refractivity contribution in [2.45, 2.75) is 12.5 Å². The number of benzene rings is 3. The summed E-state index contributed by atoms with van der Waals surface area (Å²) in [6, 6.07) is 27.8. The van der Waals surface area contributed by atoms with Gasteiger partial charge < -0.3 is 10.2 Å². The van der Waals surface area contributed by atoms with Gasteiger partial charge in [-0.25, -0.2) is 9.18 Å². The maximum Gasteiger partial charge on any atom is 0.322 e. The Morgan fingerprint density at radius 1 is 0.875 bits per heavy atom. The molecule has 1 atom stereocenters. The average molecular weight is 423 g/mol. The molecule has 0 radical (unpaired) electrons. The normalized spacial score (nSPS) is 15.2. The third kappa shape index (κ3) is 3.97. The second kappa shape index (κ2) is 8.63. The standard InChI is InChI=1S/C27H22FN3O/c28-23-12-14-24(15-13-23)30-27(32)31-18-16-21-7-4-17-29-25(21)26(31)22-10-8-20(9-11-22)19-5-2-1-3-6-19/h1-15,17,26H,16,18H2,(H,30,32). The fraction of sp³-hybridized carbons (Fsp3) is 0.111. The van der Waals surface area contributed by atoms with E-state index in [9.17, 15) is 9.18 Å². The molecule has 0 saturated carbocycles. The smallest absolute Gasteiger partial charge is 0.311 e. The number of carbonyl (C=O) groups is 1. The molecule has 1 aromatic heterocycles. The third-order valence-corrected chi connectivity index (χ3v) is 5.81. The van der Waals surface area contributed by atoms with E-state index in [1.54, 1.807) is 23.2 Å². The van der Waals surface area contributed by atoms with Gasteiger partial charge in [0.2, 0.25) is 0 Å². The molecule has 0 aliphatic carbocycles. The average Bonchev–Trinajstić information content (AvgIpc) is 2.85. The summed E-state index contributed by atoms with van der Waals surface area (Å²) >= 11 is 0. The van der Waals surface area contributed by atoms with E-state index in [1.165, 1.54) is 12.1 Å². The zero-order valence-corrected chi connectivity index (χ0v) is 17.4. The first-order valence-electron chi connectivity index (χ1n) is 10.6. The fourth-order valence-corrected chi connectivity index (χ4v) is 4.20. The van der Waals surface area contributed by atoms with Crippen molar-refractivity contribution in [1.82, 2.24) is 9.88 Å². The molecule has 3 aromatic carbocycles. The van der Waals surface area contributed by atoms with Crippen molar-refractivity contribution in [2.24, 2.45) is 0 Å². The van der Waals surface area contributed by atoms with Crippen LogP contribution in [0.25, 0.3) is 11.1 Å². The van der Waals surface area contributed by atoms with E-state index in [2.05, 4.69) is 52.8 Å². The predicted molar refractivity (Wildman–Crippen MR) is 124 cm³/mol. The summed E-state index contributed by atoms with van der Waals surface area (Å²) in [5.41, 5.74) is 5.86. The number of halogens is 1. The van der Waals surface area contributed by atoms with E-state index >= 15 is 0 Å². The van der Waals surface area contributed by atoms with Gasteiger partial charge in [0, 0.05) is 18.4 Å². The largest absolute Gasteiger partial charge is 0.322 e. The van der Waals surface area contributed by atoms with Crippen LogP contribution in [0.3, 0.4) is 0 Å². The molecular formula is C27H22FN3O. The Kier molecular flexibility index (Phi) is 5.38. The SMILES string of the molecule is O=C(Nc1ccc(F)cc1)N1CCc2cccnc2C1c1ccc(-c2ccccc2)cc1. The van der Waals surface area contributed by atoms with Crippen LogP contribution in [0.5, 0.6) is 0 Å². The zero-order chi connectivity index (χ0) is 21.9. The molecule has 1 aliphatic rings. The molecule has 0 fully saturated rings. The van der Waals surface area contributed by atoms with Gasteiger partial charge >= 0.3 is 6.03 Å². The molecule has 4 nitrogen and oxygen atoms in total. The van der Waals surface area contributed by atoms with Gasteiger partial charge in [0.1, 0.15) is 11.9 Å². The Morgan fingerprint density at radius 2 is 1.59 bits per heavy atom. The summed E-state index contributed by atoms with van der Waals surface area (Å²) in [5, 5.41) is 2.90. The highest BCUT2D eigenvalue weighted by molar-refractivity contribution is 5.90. The van der Waals surface area contributed by atoms with Gasteiger partial charge in [-0.05, 0) is 59.0 Å². The first kappa shape index (κ1) is 19.9. The second-order valence-corrected chi connectivity index (χ2v) is 7.82. The van der Waals surface area contributed by atoms with Crippen molar-refractivity contribution in [3.63, 3.8) is 0 Å². The van der Waals surface area contributed by atoms with Crippen molar-refractivity contribution < 1.29 is 9.18 Å². The molecular weight excluding hydrogens is 401 g/mol. The molecule has 4 aromatic rings. The van der Waals surface area contributed by atoms with Gasteiger partial charge in [-0.1, -0.05) is 60.7 Å². The molecule has 0 spiro atoms. The van der Waals surface area contributed by atoms with Crippen LogP contribution in [0.1, 0.15) is 22.9 Å². The second-order valence-electron chi connectivity index (χ2n) is 7.82. The summed E-state index contributed by atoms with van der Waals surface area (Å²) in [7, 11) is 0. The number of anilines is 1. The van der Waals surface area contributed by atoms with Crippen molar-refractivity contribution in [1.29, 1.82) is 0 Å². The lowest BCUT2D eigenvalue weighted by Crippen LogP contribution is -2.43. The van der Waals surface area contributed by atoms with Crippen LogP contribution in [-0.2, 0) is 6.42 Å². The number of nitrogens with zero attached hydrogens (tertiary/aromatic N) is 2. The van der Waals surface area contributed by atoms with E-state index in [1.807, 2.05) is 24.3 Å². The topological polar surface area (TPSA) is 45.2 Å². The van der Waals surface area contributed by atoms with Crippen LogP contribution in [0, 0.1) is 5.82 Å². The van der Waals surface area contributed by atoms with Gasteiger partial charge in [0.05, 0.1) is 5.69 Å². The Hall–Kier alpha value is -3.99. The number of fused-ring (bicyclic) bond motifs is 1. The highest BCUT2D eigenvalue weighted by atomic mass is 19.1. The number of pyridine rings is 1. The number of aromatic nitrogens is 1. The quantitative estimate of drug-likeness (QED) is 0.435. The van der Waals surface area contributed by atoms with Crippen LogP contribution < -0.4 is 5.32 Å². The van der Waals surface area contributed by atoms with Gasteiger partial charge in [-0.3, -0.25) is 4.98 Å². The Morgan fingerprint density at radius 3 is 2.34 bits per heavy atom. The Bertz CT molecular complexity index is 1220. The third-order valence-electron chi connectivity index (χ3n) is 5.81. The van der Waals surface area contributed by atoms with Crippen molar-refractivity contribution in [2.75, 3.05) is 11.9 Å². The minimum atomic E-state index is -0.338. The first-order chi connectivity index (χ1) is 15.7. The minimum absolute atomic E-state index is 0.231. The molecule has 1 aliphatic heterocycles. The zero-order valence-electron chi connectivity index (χ0n) is 17.4. The van der Waals surface area contributed by atoms with Crippen LogP contribution in [-0.4, -0.2) is 22.5 Å². The number of carbonyl (C=O) groups excluding carboxylic acids is 1. The lowest BCUT2D eigenvalue weighted by Gasteiger charge is -2.36. The van der Waals surface area contributed by atoms with E-state index in [-0.39, 0.29) is 17.9 Å². The Labute approximate surface area is 186 Å². The van der Waals surface area contributed by atoms with Gasteiger partial charge in [0.15, 0.2) is 0 Å². The number of hydrogen-bond donors (Lipinski definition) is 1. The number of nitrogens with one attached hydrogen (secondary N) is 1. The molecule has 5 heteroatoms. The number of hydrogen-bond acceptors (Lipinski definition) is 2. The van der Waals surface area contributed by atoms with Crippen LogP contribution in [0.2, 0.25) is 0 Å². The molecule has 5 rings (SSSR count). The summed E-state index contributed by atoms with van der Waals surface area (Å²) in [6.45, 7) is 0.566. The predicted octanol–water partition coefficient (Wildman–Crippen LogP) is 6.07. The lowest BCUT2D eigenvalue weighted by molar-refractivity contribution is 0.192. The maximum atomic E-state index is 13.3. The molecule has 32 heavy (non-hydrogen) atoms. The van der Waals surface area contributed by atoms with Crippen molar-refractivity contribution in [3.05, 3.63) is 120 Å². The first-order valence-corrected chi connectivity index (χ1v) is 10.6. The van der Waals surface area contributed by atoms with Gasteiger partial charge in [-0.15, -0.1) is 0 Å². The van der Waals surface area contributed by atoms with E-state index in [0.717, 1.165) is 34.4 Å². The molecule has 158 valence electrons. The Balaban J connectivity index is 1.48. The monoisotopic (exact) mass is 423 g/mol. The number of urea groups is 1. The van der Waals surface area contributed by atoms with Crippen molar-refractivity contribution in [3.8, 4) is 11.1 Å². The van der Waals surface area contributed by atoms with Crippen LogP contribution in [0.15, 0.2) is 97.2 Å². The summed E-state index contributed by atoms with van der Waals surface area (Å²) in [5.74, 6) is -0.338. The molecule has 1 N–H and O–H groups in total. The minimum Gasteiger partial charge on any atom is -0.311 e. The fourth-order valence-electron chi connectivity index (χ4n) is 4.20. The van der Waals surface area contributed by atoms with E-state index in [4.69, 9.17) is 0 Å². The highest BCUT2D eigenvalue weighted by Crippen LogP contribution is 2.35. The van der Waals surface area contributed by atoms with Gasteiger partial charge in [0.25, 0.3) is 0 Å². The van der Waals surface area contributed by atoms with E-state index < -0.39 is 0 Å². The lowest BCUT2D eigenvalue weighted by atomic mass is 9.91. The molecule has 2 heterocycles. The summed E-state index contributed by atoms with van der Waals surface area (Å²) in [4.78, 5) is 19.7. The molecule has 1 unspecified atom stereocenters. The number of rotatable bonds is 3. The summed E-state index contributed by atoms with van der Waals surface area (Å²) < 4.78 is 13.3. The van der Waals surface area contributed by atoms with Crippen LogP contribution in [0.4, 0.5) is 14.9 Å². The maximum absolute atomic E-state index is 13.3. The summed E-state index contributed by atoms with van der Waals surface area (Å²) in [6.07, 6.45) is 2.50. The molecule has 0 bridgehead atoms. The van der Waals surface area contributed by atoms with Crippen LogP contribution >= 0.6 is 0 Å². The van der Waals surface area contributed by atoms with Crippen molar-refractivity contribution >= 4 is 11.7 Å². The van der Waals surface area contributed by atoms with E-state index in [0.29, 0.717) is 12.2 Å². The van der Waals surface area contributed by atoms with Gasteiger partial charge in [-0.2, -0.15) is 0 Å². The molecule has 0 saturated heterocycles. The molecule has 2 amide bonds.